The quantitative estimate of drug-likeness (QED) is 0.740. The Morgan fingerprint density at radius 2 is 1.73 bits per heavy atom. The highest BCUT2D eigenvalue weighted by atomic mass is 16.4. The molecule has 0 unspecified atom stereocenters. The van der Waals surface area contributed by atoms with Gasteiger partial charge in [0.05, 0.1) is 11.4 Å². The Morgan fingerprint density at radius 3 is 2.38 bits per heavy atom. The lowest BCUT2D eigenvalue weighted by Crippen LogP contribution is -2.24. The van der Waals surface area contributed by atoms with Crippen molar-refractivity contribution in [2.24, 2.45) is 0 Å². The van der Waals surface area contributed by atoms with Crippen molar-refractivity contribution in [1.82, 2.24) is 9.78 Å². The molecule has 1 amide bonds. The summed E-state index contributed by atoms with van der Waals surface area (Å²) in [6.07, 6.45) is -0.474. The Morgan fingerprint density at radius 1 is 1.04 bits per heavy atom. The van der Waals surface area contributed by atoms with Crippen LogP contribution in [-0.4, -0.2) is 21.7 Å². The topological polar surface area (TPSA) is 87.0 Å². The average Bonchev–Trinajstić information content (AvgIpc) is 3.05. The Bertz CT molecular complexity index is 915. The summed E-state index contributed by atoms with van der Waals surface area (Å²) in [5.74, 6) is -1.17. The van der Waals surface area contributed by atoms with Gasteiger partial charge in [-0.05, 0) is 25.5 Å². The first-order chi connectivity index (χ1) is 12.5. The molecule has 0 bridgehead atoms. The number of benzene rings is 2. The lowest BCUT2D eigenvalue weighted by molar-refractivity contribution is -0.305. The van der Waals surface area contributed by atoms with Gasteiger partial charge in [0.15, 0.2) is 0 Å². The maximum Gasteiger partial charge on any atom is 0.225 e. The summed E-state index contributed by atoms with van der Waals surface area (Å²) in [6.45, 7) is 1.99. The van der Waals surface area contributed by atoms with Gasteiger partial charge in [-0.1, -0.05) is 48.0 Å². The van der Waals surface area contributed by atoms with E-state index in [0.717, 1.165) is 16.8 Å². The van der Waals surface area contributed by atoms with E-state index in [4.69, 9.17) is 0 Å². The smallest absolute Gasteiger partial charge is 0.225 e. The zero-order valence-corrected chi connectivity index (χ0v) is 14.3. The third-order valence-corrected chi connectivity index (χ3v) is 3.88. The maximum atomic E-state index is 12.1. The predicted octanol–water partition coefficient (Wildman–Crippen LogP) is 2.32. The van der Waals surface area contributed by atoms with E-state index in [9.17, 15) is 14.7 Å². The number of hydrogen-bond donors (Lipinski definition) is 1. The van der Waals surface area contributed by atoms with E-state index in [1.165, 1.54) is 0 Å². The van der Waals surface area contributed by atoms with Crippen LogP contribution in [0.5, 0.6) is 0 Å². The van der Waals surface area contributed by atoms with E-state index < -0.39 is 11.9 Å². The number of rotatable bonds is 6. The summed E-state index contributed by atoms with van der Waals surface area (Å²) >= 11 is 0. The number of amides is 1. The third-order valence-electron chi connectivity index (χ3n) is 3.88. The first-order valence-electron chi connectivity index (χ1n) is 8.25. The lowest BCUT2D eigenvalue weighted by Gasteiger charge is -2.09. The molecule has 132 valence electrons. The van der Waals surface area contributed by atoms with Crippen LogP contribution in [0.15, 0.2) is 60.7 Å². The molecule has 26 heavy (non-hydrogen) atoms. The number of anilines is 1. The lowest BCUT2D eigenvalue weighted by atomic mass is 10.1. The van der Waals surface area contributed by atoms with Crippen LogP contribution in [-0.2, 0) is 9.59 Å². The van der Waals surface area contributed by atoms with Crippen molar-refractivity contribution in [3.8, 4) is 16.9 Å². The fourth-order valence-electron chi connectivity index (χ4n) is 2.52. The van der Waals surface area contributed by atoms with Crippen molar-refractivity contribution >= 4 is 17.7 Å². The van der Waals surface area contributed by atoms with Crippen molar-refractivity contribution in [3.63, 3.8) is 0 Å². The molecule has 0 aliphatic rings. The van der Waals surface area contributed by atoms with Crippen LogP contribution in [0.1, 0.15) is 18.4 Å². The van der Waals surface area contributed by atoms with Gasteiger partial charge in [-0.3, -0.25) is 4.79 Å². The van der Waals surface area contributed by atoms with Crippen LogP contribution >= 0.6 is 0 Å². The van der Waals surface area contributed by atoms with E-state index >= 15 is 0 Å². The molecule has 1 N–H and O–H groups in total. The fraction of sp³-hybridized carbons (Fsp3) is 0.150. The van der Waals surface area contributed by atoms with Gasteiger partial charge in [-0.2, -0.15) is 5.10 Å². The normalized spacial score (nSPS) is 10.5. The third kappa shape index (κ3) is 4.16. The van der Waals surface area contributed by atoms with Gasteiger partial charge in [0, 0.05) is 24.0 Å². The highest BCUT2D eigenvalue weighted by Gasteiger charge is 2.13. The molecule has 0 spiro atoms. The summed E-state index contributed by atoms with van der Waals surface area (Å²) in [5.41, 5.74) is 3.54. The molecular weight excluding hydrogens is 330 g/mol. The zero-order valence-electron chi connectivity index (χ0n) is 14.3. The zero-order chi connectivity index (χ0) is 18.5. The molecule has 3 aromatic rings. The number of hydrogen-bond acceptors (Lipinski definition) is 4. The Labute approximate surface area is 151 Å². The SMILES string of the molecule is Cc1ccc(-n2nc(-c3ccccc3)cc2NC(=O)CCC(=O)[O-])cc1. The number of carbonyl (C=O) groups is 2. The highest BCUT2D eigenvalue weighted by Crippen LogP contribution is 2.25. The van der Waals surface area contributed by atoms with Gasteiger partial charge >= 0.3 is 0 Å². The second-order valence-corrected chi connectivity index (χ2v) is 5.95. The van der Waals surface area contributed by atoms with E-state index in [0.29, 0.717) is 11.5 Å². The van der Waals surface area contributed by atoms with Crippen LogP contribution in [0.4, 0.5) is 5.82 Å². The summed E-state index contributed by atoms with van der Waals surface area (Å²) in [5, 5.41) is 17.9. The largest absolute Gasteiger partial charge is 0.550 e. The van der Waals surface area contributed by atoms with Crippen LogP contribution in [0.25, 0.3) is 16.9 Å². The minimum atomic E-state index is -1.25. The highest BCUT2D eigenvalue weighted by molar-refractivity contribution is 5.92. The maximum absolute atomic E-state index is 12.1. The molecule has 0 fully saturated rings. The van der Waals surface area contributed by atoms with Gasteiger partial charge in [0.2, 0.25) is 5.91 Å². The molecule has 0 aliphatic heterocycles. The van der Waals surface area contributed by atoms with Crippen LogP contribution in [0.3, 0.4) is 0 Å². The van der Waals surface area contributed by atoms with Gasteiger partial charge in [0.25, 0.3) is 0 Å². The number of carboxylic acid groups (broad SMARTS) is 1. The second-order valence-electron chi connectivity index (χ2n) is 5.95. The van der Waals surface area contributed by atoms with Crippen molar-refractivity contribution in [2.75, 3.05) is 5.32 Å². The average molecular weight is 348 g/mol. The monoisotopic (exact) mass is 348 g/mol. The molecular formula is C20H18N3O3-. The van der Waals surface area contributed by atoms with Crippen molar-refractivity contribution in [3.05, 3.63) is 66.2 Å². The van der Waals surface area contributed by atoms with E-state index in [-0.39, 0.29) is 12.8 Å². The summed E-state index contributed by atoms with van der Waals surface area (Å²) in [7, 11) is 0. The standard InChI is InChI=1S/C20H19N3O3/c1-14-7-9-16(10-8-14)23-18(21-19(24)11-12-20(25)26)13-17(22-23)15-5-3-2-4-6-15/h2-10,13H,11-12H2,1H3,(H,21,24)(H,25,26)/p-1. The van der Waals surface area contributed by atoms with Crippen molar-refractivity contribution in [1.29, 1.82) is 0 Å². The van der Waals surface area contributed by atoms with Gasteiger partial charge in [-0.15, -0.1) is 0 Å². The molecule has 0 saturated carbocycles. The van der Waals surface area contributed by atoms with Crippen LogP contribution < -0.4 is 10.4 Å². The van der Waals surface area contributed by atoms with Crippen LogP contribution in [0.2, 0.25) is 0 Å². The van der Waals surface area contributed by atoms with E-state index in [1.54, 1.807) is 10.7 Å². The fourth-order valence-corrected chi connectivity index (χ4v) is 2.52. The number of carbonyl (C=O) groups excluding carboxylic acids is 2. The molecule has 2 aromatic carbocycles. The Hall–Kier alpha value is -3.41. The summed E-state index contributed by atoms with van der Waals surface area (Å²) < 4.78 is 1.64. The first kappa shape index (κ1) is 17.4. The van der Waals surface area contributed by atoms with Gasteiger partial charge in [0.1, 0.15) is 5.82 Å². The molecule has 0 atom stereocenters. The Balaban J connectivity index is 1.95. The van der Waals surface area contributed by atoms with Crippen molar-refractivity contribution < 1.29 is 14.7 Å². The van der Waals surface area contributed by atoms with Crippen molar-refractivity contribution in [2.45, 2.75) is 19.8 Å². The molecule has 0 saturated heterocycles. The van der Waals surface area contributed by atoms with E-state index in [1.807, 2.05) is 61.5 Å². The minimum absolute atomic E-state index is 0.151. The van der Waals surface area contributed by atoms with Crippen LogP contribution in [0, 0.1) is 6.92 Å². The number of nitrogens with zero attached hydrogens (tertiary/aromatic N) is 2. The molecule has 1 heterocycles. The first-order valence-corrected chi connectivity index (χ1v) is 8.25. The molecule has 6 heteroatoms. The van der Waals surface area contributed by atoms with Gasteiger partial charge < -0.3 is 15.2 Å². The summed E-state index contributed by atoms with van der Waals surface area (Å²) in [4.78, 5) is 22.6. The Kier molecular flexibility index (Phi) is 5.12. The molecule has 3 rings (SSSR count). The molecule has 0 radical (unpaired) electrons. The number of aryl methyl sites for hydroxylation is 1. The molecule has 1 aromatic heterocycles. The number of nitrogens with one attached hydrogen (secondary N) is 1. The predicted molar refractivity (Wildman–Crippen MR) is 96.6 cm³/mol. The molecule has 0 aliphatic carbocycles. The van der Waals surface area contributed by atoms with Gasteiger partial charge in [-0.25, -0.2) is 4.68 Å². The number of carboxylic acids is 1. The molecule has 6 nitrogen and oxygen atoms in total. The number of aromatic nitrogens is 2. The van der Waals surface area contributed by atoms with E-state index in [2.05, 4.69) is 10.4 Å². The second kappa shape index (κ2) is 7.65. The minimum Gasteiger partial charge on any atom is -0.550 e. The summed E-state index contributed by atoms with van der Waals surface area (Å²) in [6, 6.07) is 19.1. The number of aliphatic carboxylic acids is 1.